The quantitative estimate of drug-likeness (QED) is 0.634. The van der Waals surface area contributed by atoms with Crippen LogP contribution < -0.4 is 4.90 Å². The lowest BCUT2D eigenvalue weighted by molar-refractivity contribution is -0.116. The highest BCUT2D eigenvalue weighted by atomic mass is 16.2. The zero-order chi connectivity index (χ0) is 9.84. The van der Waals surface area contributed by atoms with Crippen molar-refractivity contribution in [2.75, 3.05) is 11.9 Å². The number of nitrogens with zero attached hydrogens (tertiary/aromatic N) is 2. The van der Waals surface area contributed by atoms with Crippen molar-refractivity contribution in [3.63, 3.8) is 0 Å². The van der Waals surface area contributed by atoms with E-state index in [1.807, 2.05) is 24.3 Å². The second-order valence-electron chi connectivity index (χ2n) is 2.75. The van der Waals surface area contributed by atoms with Gasteiger partial charge in [-0.1, -0.05) is 0 Å². The van der Waals surface area contributed by atoms with Crippen LogP contribution >= 0.6 is 0 Å². The van der Waals surface area contributed by atoms with E-state index in [1.54, 1.807) is 11.9 Å². The number of benzene rings is 1. The number of aliphatic imine (C=N–C) groups is 1. The number of rotatable bonds is 2. The topological polar surface area (TPSA) is 32.7 Å². The fraction of sp³-hybridized carbons (Fsp3) is 0.200. The summed E-state index contributed by atoms with van der Waals surface area (Å²) in [6.07, 6.45) is 0. The molecule has 13 heavy (non-hydrogen) atoms. The Bertz CT molecular complexity index is 316. The molecule has 3 heteroatoms. The highest BCUT2D eigenvalue weighted by Crippen LogP contribution is 2.18. The first-order valence-corrected chi connectivity index (χ1v) is 3.96. The molecule has 0 N–H and O–H groups in total. The summed E-state index contributed by atoms with van der Waals surface area (Å²) in [5, 5.41) is 0. The minimum Gasteiger partial charge on any atom is -0.316 e. The normalized spacial score (nSPS) is 9.38. The lowest BCUT2D eigenvalue weighted by atomic mass is 10.2. The van der Waals surface area contributed by atoms with E-state index in [0.717, 1.165) is 11.4 Å². The van der Waals surface area contributed by atoms with Crippen molar-refractivity contribution in [1.82, 2.24) is 0 Å². The van der Waals surface area contributed by atoms with Crippen molar-refractivity contribution in [3.05, 3.63) is 24.3 Å². The van der Waals surface area contributed by atoms with E-state index in [0.29, 0.717) is 0 Å². The number of amides is 1. The molecule has 0 fully saturated rings. The summed E-state index contributed by atoms with van der Waals surface area (Å²) in [4.78, 5) is 16.3. The van der Waals surface area contributed by atoms with Crippen molar-refractivity contribution >= 4 is 24.0 Å². The molecule has 1 rings (SSSR count). The number of hydrogen-bond donors (Lipinski definition) is 0. The second kappa shape index (κ2) is 3.85. The Kier molecular flexibility index (Phi) is 2.80. The molecule has 0 saturated heterocycles. The van der Waals surface area contributed by atoms with Crippen molar-refractivity contribution in [2.24, 2.45) is 4.99 Å². The predicted molar refractivity (Wildman–Crippen MR) is 54.7 cm³/mol. The SMILES string of the molecule is C=Nc1ccc(N(C)C(C)=O)cc1. The van der Waals surface area contributed by atoms with Crippen LogP contribution in [0.25, 0.3) is 0 Å². The molecule has 0 bridgehead atoms. The van der Waals surface area contributed by atoms with Crippen LogP contribution in [0.5, 0.6) is 0 Å². The summed E-state index contributed by atoms with van der Waals surface area (Å²) in [5.41, 5.74) is 1.67. The maximum absolute atomic E-state index is 11.0. The Morgan fingerprint density at radius 1 is 1.38 bits per heavy atom. The number of hydrogen-bond acceptors (Lipinski definition) is 2. The van der Waals surface area contributed by atoms with Gasteiger partial charge in [0.05, 0.1) is 5.69 Å². The molecule has 1 aromatic carbocycles. The van der Waals surface area contributed by atoms with Gasteiger partial charge in [-0.3, -0.25) is 9.79 Å². The number of carbonyl (C=O) groups excluding carboxylic acids is 1. The molecule has 0 aliphatic carbocycles. The van der Waals surface area contributed by atoms with E-state index in [1.165, 1.54) is 6.92 Å². The van der Waals surface area contributed by atoms with Gasteiger partial charge in [0.25, 0.3) is 0 Å². The molecule has 0 atom stereocenters. The third-order valence-electron chi connectivity index (χ3n) is 1.89. The molecule has 0 aliphatic rings. The van der Waals surface area contributed by atoms with E-state index >= 15 is 0 Å². The van der Waals surface area contributed by atoms with Gasteiger partial charge in [0, 0.05) is 19.7 Å². The van der Waals surface area contributed by atoms with Crippen LogP contribution in [0.15, 0.2) is 29.3 Å². The van der Waals surface area contributed by atoms with Crippen LogP contribution in [0.1, 0.15) is 6.92 Å². The monoisotopic (exact) mass is 176 g/mol. The molecule has 3 nitrogen and oxygen atoms in total. The smallest absolute Gasteiger partial charge is 0.223 e. The number of carbonyl (C=O) groups is 1. The Labute approximate surface area is 77.7 Å². The van der Waals surface area contributed by atoms with Crippen LogP contribution in [0, 0.1) is 0 Å². The molecule has 1 amide bonds. The van der Waals surface area contributed by atoms with Gasteiger partial charge >= 0.3 is 0 Å². The van der Waals surface area contributed by atoms with Crippen molar-refractivity contribution in [1.29, 1.82) is 0 Å². The average Bonchev–Trinajstić information content (AvgIpc) is 2.17. The minimum absolute atomic E-state index is 0.0133. The largest absolute Gasteiger partial charge is 0.316 e. The van der Waals surface area contributed by atoms with Gasteiger partial charge < -0.3 is 4.90 Å². The molecule has 0 heterocycles. The summed E-state index contributed by atoms with van der Waals surface area (Å²) in [7, 11) is 1.73. The summed E-state index contributed by atoms with van der Waals surface area (Å²) >= 11 is 0. The standard InChI is InChI=1S/C10H12N2O/c1-8(13)12(3)10-6-4-9(11-2)5-7-10/h4-7H,2H2,1,3H3. The summed E-state index contributed by atoms with van der Waals surface area (Å²) in [6, 6.07) is 7.32. The van der Waals surface area contributed by atoms with E-state index < -0.39 is 0 Å². The van der Waals surface area contributed by atoms with Crippen molar-refractivity contribution in [2.45, 2.75) is 6.92 Å². The third-order valence-corrected chi connectivity index (χ3v) is 1.89. The lowest BCUT2D eigenvalue weighted by Gasteiger charge is -2.14. The zero-order valence-electron chi connectivity index (χ0n) is 7.82. The lowest BCUT2D eigenvalue weighted by Crippen LogP contribution is -2.22. The van der Waals surface area contributed by atoms with Gasteiger partial charge in [-0.05, 0) is 31.0 Å². The van der Waals surface area contributed by atoms with Crippen LogP contribution in [0.2, 0.25) is 0 Å². The first-order valence-electron chi connectivity index (χ1n) is 3.96. The van der Waals surface area contributed by atoms with Gasteiger partial charge in [-0.2, -0.15) is 0 Å². The zero-order valence-corrected chi connectivity index (χ0v) is 7.82. The Morgan fingerprint density at radius 2 is 1.92 bits per heavy atom. The second-order valence-corrected chi connectivity index (χ2v) is 2.75. The molecule has 0 radical (unpaired) electrons. The summed E-state index contributed by atoms with van der Waals surface area (Å²) in [5.74, 6) is 0.0133. The van der Waals surface area contributed by atoms with E-state index in [-0.39, 0.29) is 5.91 Å². The first-order chi connectivity index (χ1) is 6.15. The average molecular weight is 176 g/mol. The minimum atomic E-state index is 0.0133. The molecule has 68 valence electrons. The molecule has 0 spiro atoms. The Hall–Kier alpha value is -1.64. The molecular weight excluding hydrogens is 164 g/mol. The van der Waals surface area contributed by atoms with Gasteiger partial charge in [-0.25, -0.2) is 0 Å². The molecular formula is C10H12N2O. The Balaban J connectivity index is 2.91. The molecule has 0 unspecified atom stereocenters. The molecule has 1 aromatic rings. The van der Waals surface area contributed by atoms with Gasteiger partial charge in [0.15, 0.2) is 0 Å². The fourth-order valence-electron chi connectivity index (χ4n) is 0.963. The number of anilines is 1. The van der Waals surface area contributed by atoms with E-state index in [4.69, 9.17) is 0 Å². The molecule has 0 aromatic heterocycles. The van der Waals surface area contributed by atoms with Crippen molar-refractivity contribution in [3.8, 4) is 0 Å². The van der Waals surface area contributed by atoms with E-state index in [2.05, 4.69) is 11.7 Å². The summed E-state index contributed by atoms with van der Waals surface area (Å²) in [6.45, 7) is 4.94. The summed E-state index contributed by atoms with van der Waals surface area (Å²) < 4.78 is 0. The molecule has 0 aliphatic heterocycles. The predicted octanol–water partition coefficient (Wildman–Crippen LogP) is 2.00. The maximum atomic E-state index is 11.0. The van der Waals surface area contributed by atoms with Crippen molar-refractivity contribution < 1.29 is 4.79 Å². The van der Waals surface area contributed by atoms with E-state index in [9.17, 15) is 4.79 Å². The Morgan fingerprint density at radius 3 is 2.31 bits per heavy atom. The highest BCUT2D eigenvalue weighted by molar-refractivity contribution is 5.90. The van der Waals surface area contributed by atoms with Crippen LogP contribution in [0.3, 0.4) is 0 Å². The van der Waals surface area contributed by atoms with Gasteiger partial charge in [0.1, 0.15) is 0 Å². The highest BCUT2D eigenvalue weighted by Gasteiger charge is 2.03. The van der Waals surface area contributed by atoms with Crippen LogP contribution in [-0.4, -0.2) is 19.7 Å². The molecule has 0 saturated carbocycles. The van der Waals surface area contributed by atoms with Crippen LogP contribution in [0.4, 0.5) is 11.4 Å². The first kappa shape index (κ1) is 9.45. The van der Waals surface area contributed by atoms with Crippen LogP contribution in [-0.2, 0) is 4.79 Å². The fourth-order valence-corrected chi connectivity index (χ4v) is 0.963. The van der Waals surface area contributed by atoms with Gasteiger partial charge in [0.2, 0.25) is 5.91 Å². The maximum Gasteiger partial charge on any atom is 0.223 e. The third kappa shape index (κ3) is 2.15. The van der Waals surface area contributed by atoms with Gasteiger partial charge in [-0.15, -0.1) is 0 Å².